The van der Waals surface area contributed by atoms with E-state index in [0.29, 0.717) is 5.92 Å². The van der Waals surface area contributed by atoms with E-state index in [1.54, 1.807) is 0 Å². The van der Waals surface area contributed by atoms with Crippen LogP contribution in [-0.2, 0) is 5.41 Å². The van der Waals surface area contributed by atoms with Crippen LogP contribution in [0.1, 0.15) is 50.9 Å². The fourth-order valence-corrected chi connectivity index (χ4v) is 1.86. The van der Waals surface area contributed by atoms with Gasteiger partial charge in [-0.2, -0.15) is 5.10 Å². The third kappa shape index (κ3) is 1.60. The third-order valence-corrected chi connectivity index (χ3v) is 3.16. The lowest BCUT2D eigenvalue weighted by atomic mass is 9.88. The van der Waals surface area contributed by atoms with Gasteiger partial charge in [0.1, 0.15) is 0 Å². The third-order valence-electron chi connectivity index (χ3n) is 3.16. The molecule has 1 saturated carbocycles. The summed E-state index contributed by atoms with van der Waals surface area (Å²) in [6, 6.07) is 4.22. The average Bonchev–Trinajstić information content (AvgIpc) is 2.96. The molecule has 2 aromatic heterocycles. The Morgan fingerprint density at radius 1 is 1.25 bits per heavy atom. The Labute approximate surface area is 95.5 Å². The first-order chi connectivity index (χ1) is 7.54. The SMILES string of the molecule is CC(C)(C)c1ccc2nc(C3CC3)nn2c1. The average molecular weight is 215 g/mol. The Kier molecular flexibility index (Phi) is 1.88. The van der Waals surface area contributed by atoms with Crippen molar-refractivity contribution in [2.75, 3.05) is 0 Å². The highest BCUT2D eigenvalue weighted by atomic mass is 15.3. The van der Waals surface area contributed by atoms with E-state index >= 15 is 0 Å². The molecule has 16 heavy (non-hydrogen) atoms. The van der Waals surface area contributed by atoms with Crippen LogP contribution < -0.4 is 0 Å². The summed E-state index contributed by atoms with van der Waals surface area (Å²) in [5.74, 6) is 1.64. The Morgan fingerprint density at radius 2 is 2.00 bits per heavy atom. The van der Waals surface area contributed by atoms with Crippen molar-refractivity contribution in [1.82, 2.24) is 14.6 Å². The maximum absolute atomic E-state index is 4.55. The lowest BCUT2D eigenvalue weighted by molar-refractivity contribution is 0.584. The Hall–Kier alpha value is -1.38. The molecule has 1 aliphatic carbocycles. The molecule has 3 nitrogen and oxygen atoms in total. The van der Waals surface area contributed by atoms with Gasteiger partial charge in [0, 0.05) is 12.1 Å². The molecule has 2 heterocycles. The number of rotatable bonds is 1. The molecule has 84 valence electrons. The van der Waals surface area contributed by atoms with E-state index in [1.165, 1.54) is 18.4 Å². The molecule has 2 aromatic rings. The normalized spacial score (nSPS) is 16.9. The van der Waals surface area contributed by atoms with Crippen LogP contribution in [0.3, 0.4) is 0 Å². The van der Waals surface area contributed by atoms with Gasteiger partial charge in [0.05, 0.1) is 0 Å². The first-order valence-corrected chi connectivity index (χ1v) is 5.91. The first kappa shape index (κ1) is 9.82. The fraction of sp³-hybridized carbons (Fsp3) is 0.538. The van der Waals surface area contributed by atoms with Crippen molar-refractivity contribution >= 4 is 5.65 Å². The van der Waals surface area contributed by atoms with Gasteiger partial charge >= 0.3 is 0 Å². The lowest BCUT2D eigenvalue weighted by Crippen LogP contribution is -2.12. The van der Waals surface area contributed by atoms with Crippen LogP contribution in [-0.4, -0.2) is 14.6 Å². The van der Waals surface area contributed by atoms with Crippen LogP contribution in [0.25, 0.3) is 5.65 Å². The summed E-state index contributed by atoms with van der Waals surface area (Å²) in [5, 5.41) is 4.55. The summed E-state index contributed by atoms with van der Waals surface area (Å²) < 4.78 is 1.92. The van der Waals surface area contributed by atoms with Crippen molar-refractivity contribution in [3.05, 3.63) is 29.7 Å². The van der Waals surface area contributed by atoms with Gasteiger partial charge in [0.2, 0.25) is 0 Å². The zero-order valence-electron chi connectivity index (χ0n) is 10.1. The summed E-state index contributed by atoms with van der Waals surface area (Å²) >= 11 is 0. The number of pyridine rings is 1. The molecule has 0 radical (unpaired) electrons. The maximum Gasteiger partial charge on any atom is 0.155 e. The molecule has 1 aliphatic rings. The summed E-state index contributed by atoms with van der Waals surface area (Å²) in [7, 11) is 0. The smallest absolute Gasteiger partial charge is 0.155 e. The number of aromatic nitrogens is 3. The standard InChI is InChI=1S/C13H17N3/c1-13(2,3)10-6-7-11-14-12(9-4-5-9)15-16(11)8-10/h6-9H,4-5H2,1-3H3. The molecule has 0 unspecified atom stereocenters. The van der Waals surface area contributed by atoms with Gasteiger partial charge < -0.3 is 0 Å². The molecule has 0 aliphatic heterocycles. The molecule has 0 saturated heterocycles. The maximum atomic E-state index is 4.55. The van der Waals surface area contributed by atoms with Crippen LogP contribution in [0.2, 0.25) is 0 Å². The van der Waals surface area contributed by atoms with Crippen molar-refractivity contribution in [3.63, 3.8) is 0 Å². The second-order valence-corrected chi connectivity index (χ2v) is 5.71. The van der Waals surface area contributed by atoms with E-state index in [9.17, 15) is 0 Å². The molecule has 0 bridgehead atoms. The zero-order chi connectivity index (χ0) is 11.3. The van der Waals surface area contributed by atoms with E-state index < -0.39 is 0 Å². The molecule has 0 aromatic carbocycles. The molecule has 0 spiro atoms. The molecular weight excluding hydrogens is 198 g/mol. The highest BCUT2D eigenvalue weighted by Gasteiger charge is 2.28. The van der Waals surface area contributed by atoms with Crippen molar-refractivity contribution in [2.45, 2.75) is 44.9 Å². The summed E-state index contributed by atoms with van der Waals surface area (Å²) in [4.78, 5) is 4.55. The van der Waals surface area contributed by atoms with E-state index in [-0.39, 0.29) is 5.41 Å². The monoisotopic (exact) mass is 215 g/mol. The second-order valence-electron chi connectivity index (χ2n) is 5.71. The molecule has 3 rings (SSSR count). The van der Waals surface area contributed by atoms with Crippen molar-refractivity contribution in [3.8, 4) is 0 Å². The van der Waals surface area contributed by atoms with Gasteiger partial charge in [-0.3, -0.25) is 0 Å². The van der Waals surface area contributed by atoms with Crippen LogP contribution >= 0.6 is 0 Å². The van der Waals surface area contributed by atoms with Crippen LogP contribution in [0, 0.1) is 0 Å². The first-order valence-electron chi connectivity index (χ1n) is 5.91. The molecule has 3 heteroatoms. The molecular formula is C13H17N3. The Bertz CT molecular complexity index is 530. The van der Waals surface area contributed by atoms with Crippen LogP contribution in [0.4, 0.5) is 0 Å². The van der Waals surface area contributed by atoms with Gasteiger partial charge in [-0.1, -0.05) is 26.8 Å². The highest BCUT2D eigenvalue weighted by Crippen LogP contribution is 2.38. The van der Waals surface area contributed by atoms with Gasteiger partial charge in [-0.05, 0) is 29.9 Å². The van der Waals surface area contributed by atoms with Gasteiger partial charge in [0.15, 0.2) is 11.5 Å². The van der Waals surface area contributed by atoms with E-state index in [0.717, 1.165) is 11.5 Å². The van der Waals surface area contributed by atoms with E-state index in [2.05, 4.69) is 49.2 Å². The minimum Gasteiger partial charge on any atom is -0.221 e. The second kappa shape index (κ2) is 3.06. The Morgan fingerprint density at radius 3 is 2.62 bits per heavy atom. The Balaban J connectivity index is 2.10. The lowest BCUT2D eigenvalue weighted by Gasteiger charge is -2.18. The number of nitrogens with zero attached hydrogens (tertiary/aromatic N) is 3. The number of fused-ring (bicyclic) bond motifs is 1. The number of hydrogen-bond donors (Lipinski definition) is 0. The topological polar surface area (TPSA) is 30.2 Å². The van der Waals surface area contributed by atoms with E-state index in [4.69, 9.17) is 0 Å². The van der Waals surface area contributed by atoms with E-state index in [1.807, 2.05) is 4.52 Å². The van der Waals surface area contributed by atoms with Gasteiger partial charge in [0.25, 0.3) is 0 Å². The molecule has 0 amide bonds. The quantitative estimate of drug-likeness (QED) is 0.732. The predicted molar refractivity (Wildman–Crippen MR) is 63.7 cm³/mol. The number of hydrogen-bond acceptors (Lipinski definition) is 2. The van der Waals surface area contributed by atoms with Crippen LogP contribution in [0.5, 0.6) is 0 Å². The zero-order valence-corrected chi connectivity index (χ0v) is 10.1. The van der Waals surface area contributed by atoms with Gasteiger partial charge in [-0.15, -0.1) is 0 Å². The summed E-state index contributed by atoms with van der Waals surface area (Å²) in [6.07, 6.45) is 4.61. The minimum atomic E-state index is 0.167. The minimum absolute atomic E-state index is 0.167. The molecule has 0 atom stereocenters. The molecule has 1 fully saturated rings. The predicted octanol–water partition coefficient (Wildman–Crippen LogP) is 2.90. The van der Waals surface area contributed by atoms with Crippen molar-refractivity contribution < 1.29 is 0 Å². The highest BCUT2D eigenvalue weighted by molar-refractivity contribution is 5.40. The fourth-order valence-electron chi connectivity index (χ4n) is 1.86. The van der Waals surface area contributed by atoms with Gasteiger partial charge in [-0.25, -0.2) is 9.50 Å². The van der Waals surface area contributed by atoms with Crippen molar-refractivity contribution in [1.29, 1.82) is 0 Å². The molecule has 0 N–H and O–H groups in total. The van der Waals surface area contributed by atoms with Crippen molar-refractivity contribution in [2.24, 2.45) is 0 Å². The summed E-state index contributed by atoms with van der Waals surface area (Å²) in [5.41, 5.74) is 2.43. The van der Waals surface area contributed by atoms with Crippen LogP contribution in [0.15, 0.2) is 18.3 Å². The summed E-state index contributed by atoms with van der Waals surface area (Å²) in [6.45, 7) is 6.65. The largest absolute Gasteiger partial charge is 0.221 e.